The maximum Gasteiger partial charge on any atom is 0.416 e. The SMILES string of the molecule is N#Cc1cc(-c2ccc(-n3c4ccccc4c4cc(-c5ccc(C#N)cc5C#N)ccc43)c(C#N)c2-n2c3ccccc3c3cc(-c4ccc(C#N)cc4C#N)ccc32)cc(C(F)(F)F)c1. The van der Waals surface area contributed by atoms with Crippen LogP contribution in [0.15, 0.2) is 152 Å². The lowest BCUT2D eigenvalue weighted by Gasteiger charge is -2.21. The second-order valence-electron chi connectivity index (χ2n) is 15.5. The van der Waals surface area contributed by atoms with Gasteiger partial charge in [0.25, 0.3) is 0 Å². The van der Waals surface area contributed by atoms with Crippen LogP contribution in [0.25, 0.3) is 88.4 Å². The number of rotatable bonds is 5. The second-order valence-corrected chi connectivity index (χ2v) is 15.5. The molecular formula is C55H25F3N8. The zero-order chi connectivity index (χ0) is 45.9. The van der Waals surface area contributed by atoms with Crippen LogP contribution in [0.5, 0.6) is 0 Å². The van der Waals surface area contributed by atoms with Crippen molar-refractivity contribution in [3.8, 4) is 81.2 Å². The molecule has 0 fully saturated rings. The molecule has 8 aromatic carbocycles. The van der Waals surface area contributed by atoms with Crippen molar-refractivity contribution in [2.45, 2.75) is 6.18 Å². The Morgan fingerprint density at radius 2 is 0.879 bits per heavy atom. The predicted octanol–water partition coefficient (Wildman–Crippen LogP) is 13.1. The smallest absolute Gasteiger partial charge is 0.308 e. The number of nitrogens with zero attached hydrogens (tertiary/aromatic N) is 8. The van der Waals surface area contributed by atoms with Crippen molar-refractivity contribution in [1.82, 2.24) is 9.13 Å². The summed E-state index contributed by atoms with van der Waals surface area (Å²) in [5.41, 5.74) is 6.57. The molecule has 0 bridgehead atoms. The van der Waals surface area contributed by atoms with Crippen molar-refractivity contribution in [3.05, 3.63) is 191 Å². The van der Waals surface area contributed by atoms with Crippen molar-refractivity contribution in [2.75, 3.05) is 0 Å². The molecule has 0 saturated carbocycles. The average molecular weight is 855 g/mol. The lowest BCUT2D eigenvalue weighted by molar-refractivity contribution is -0.137. The van der Waals surface area contributed by atoms with Gasteiger partial charge >= 0.3 is 6.18 Å². The highest BCUT2D eigenvalue weighted by Gasteiger charge is 2.32. The molecule has 0 aliphatic heterocycles. The summed E-state index contributed by atoms with van der Waals surface area (Å²) in [7, 11) is 0. The Morgan fingerprint density at radius 1 is 0.379 bits per heavy atom. The van der Waals surface area contributed by atoms with E-state index in [1.54, 1.807) is 42.5 Å². The van der Waals surface area contributed by atoms with Crippen molar-refractivity contribution in [2.24, 2.45) is 0 Å². The van der Waals surface area contributed by atoms with Crippen LogP contribution in [0.1, 0.15) is 38.9 Å². The molecule has 0 spiro atoms. The number of hydrogen-bond donors (Lipinski definition) is 0. The van der Waals surface area contributed by atoms with E-state index in [1.165, 1.54) is 12.1 Å². The van der Waals surface area contributed by atoms with Crippen LogP contribution in [-0.4, -0.2) is 9.13 Å². The highest BCUT2D eigenvalue weighted by atomic mass is 19.4. The van der Waals surface area contributed by atoms with Crippen LogP contribution >= 0.6 is 0 Å². The summed E-state index contributed by atoms with van der Waals surface area (Å²) in [6.45, 7) is 0. The highest BCUT2D eigenvalue weighted by molar-refractivity contribution is 6.13. The van der Waals surface area contributed by atoms with Gasteiger partial charge < -0.3 is 9.13 Å². The van der Waals surface area contributed by atoms with Gasteiger partial charge in [-0.15, -0.1) is 0 Å². The third-order valence-electron chi connectivity index (χ3n) is 11.9. The van der Waals surface area contributed by atoms with Gasteiger partial charge in [-0.1, -0.05) is 66.7 Å². The molecule has 66 heavy (non-hydrogen) atoms. The summed E-state index contributed by atoms with van der Waals surface area (Å²) in [5, 5.41) is 63.7. The van der Waals surface area contributed by atoms with Gasteiger partial charge in [-0.05, 0) is 113 Å². The largest absolute Gasteiger partial charge is 0.416 e. The Bertz CT molecular complexity index is 4020. The van der Waals surface area contributed by atoms with Gasteiger partial charge in [-0.3, -0.25) is 0 Å². The summed E-state index contributed by atoms with van der Waals surface area (Å²) in [6.07, 6.45) is -4.79. The molecule has 10 aromatic rings. The Balaban J connectivity index is 1.30. The third kappa shape index (κ3) is 6.34. The van der Waals surface area contributed by atoms with Gasteiger partial charge in [0.05, 0.1) is 97.2 Å². The topological polar surface area (TPSA) is 153 Å². The van der Waals surface area contributed by atoms with Crippen LogP contribution in [-0.2, 0) is 6.18 Å². The minimum atomic E-state index is -4.79. The molecule has 2 aromatic heterocycles. The number of fused-ring (bicyclic) bond motifs is 6. The quantitative estimate of drug-likeness (QED) is 0.168. The molecule has 0 amide bonds. The number of alkyl halides is 3. The Morgan fingerprint density at radius 3 is 1.39 bits per heavy atom. The monoisotopic (exact) mass is 854 g/mol. The number of para-hydroxylation sites is 2. The first-order valence-corrected chi connectivity index (χ1v) is 20.2. The van der Waals surface area contributed by atoms with Gasteiger partial charge in [0.15, 0.2) is 0 Å². The molecule has 11 heteroatoms. The minimum Gasteiger partial charge on any atom is -0.308 e. The Hall–Kier alpha value is -9.91. The van der Waals surface area contributed by atoms with Crippen LogP contribution < -0.4 is 0 Å². The standard InChI is InChI=1S/C55H25F3N8/c56-55(57,58)40-22-34(28-61)21-37(23-40)43-15-18-53(65-49-7-3-1-5-44(49)46-24-35(11-16-51(46)65)41-13-9-32(26-59)19-38(41)29-62)48(31-64)54(43)66-50-8-4-2-6-45(50)47-25-36(12-17-52(47)66)42-14-10-33(27-60)20-39(42)30-63/h1-25H. The van der Waals surface area contributed by atoms with Gasteiger partial charge in [0, 0.05) is 27.1 Å². The molecule has 0 atom stereocenters. The van der Waals surface area contributed by atoms with E-state index in [9.17, 15) is 44.7 Å². The summed E-state index contributed by atoms with van der Waals surface area (Å²) in [4.78, 5) is 0. The fourth-order valence-corrected chi connectivity index (χ4v) is 9.05. The van der Waals surface area contributed by atoms with E-state index < -0.39 is 11.7 Å². The van der Waals surface area contributed by atoms with Gasteiger partial charge in [0.2, 0.25) is 0 Å². The molecule has 0 aliphatic rings. The van der Waals surface area contributed by atoms with Crippen LogP contribution in [0.2, 0.25) is 0 Å². The molecule has 10 rings (SSSR count). The summed E-state index contributed by atoms with van der Waals surface area (Å²) < 4.78 is 47.4. The number of nitriles is 6. The van der Waals surface area contributed by atoms with Crippen molar-refractivity contribution in [3.63, 3.8) is 0 Å². The molecular weight excluding hydrogens is 830 g/mol. The zero-order valence-electron chi connectivity index (χ0n) is 34.1. The average Bonchev–Trinajstić information content (AvgIpc) is 3.86. The fraction of sp³-hybridized carbons (Fsp3) is 0.0182. The zero-order valence-corrected chi connectivity index (χ0v) is 34.1. The van der Waals surface area contributed by atoms with Gasteiger partial charge in [-0.2, -0.15) is 44.7 Å². The van der Waals surface area contributed by atoms with Crippen LogP contribution in [0.4, 0.5) is 13.2 Å². The number of aromatic nitrogens is 2. The van der Waals surface area contributed by atoms with Crippen LogP contribution in [0.3, 0.4) is 0 Å². The first-order valence-electron chi connectivity index (χ1n) is 20.2. The van der Waals surface area contributed by atoms with Crippen molar-refractivity contribution >= 4 is 43.6 Å². The molecule has 8 nitrogen and oxygen atoms in total. The first-order chi connectivity index (χ1) is 32.1. The Kier molecular flexibility index (Phi) is 9.41. The molecule has 0 radical (unpaired) electrons. The molecule has 0 unspecified atom stereocenters. The molecule has 306 valence electrons. The first kappa shape index (κ1) is 40.2. The number of hydrogen-bond acceptors (Lipinski definition) is 6. The molecule has 0 N–H and O–H groups in total. The molecule has 0 aliphatic carbocycles. The normalized spacial score (nSPS) is 11.2. The predicted molar refractivity (Wildman–Crippen MR) is 245 cm³/mol. The van der Waals surface area contributed by atoms with E-state index in [-0.39, 0.29) is 27.9 Å². The van der Waals surface area contributed by atoms with Crippen LogP contribution in [0, 0.1) is 68.0 Å². The fourth-order valence-electron chi connectivity index (χ4n) is 9.05. The van der Waals surface area contributed by atoms with E-state index in [1.807, 2.05) is 100 Å². The summed E-state index contributed by atoms with van der Waals surface area (Å²) in [6, 6.07) is 55.7. The maximum atomic E-state index is 14.5. The third-order valence-corrected chi connectivity index (χ3v) is 11.9. The van der Waals surface area contributed by atoms with Crippen molar-refractivity contribution in [1.29, 1.82) is 31.6 Å². The highest BCUT2D eigenvalue weighted by Crippen LogP contribution is 2.44. The minimum absolute atomic E-state index is 0.0702. The van der Waals surface area contributed by atoms with Gasteiger partial charge in [-0.25, -0.2) is 0 Å². The van der Waals surface area contributed by atoms with E-state index in [0.717, 1.165) is 44.8 Å². The molecule has 0 saturated heterocycles. The summed E-state index contributed by atoms with van der Waals surface area (Å²) in [5.74, 6) is 0. The second kappa shape index (κ2) is 15.5. The van der Waals surface area contributed by atoms with Gasteiger partial charge in [0.1, 0.15) is 11.6 Å². The maximum absolute atomic E-state index is 14.5. The molecule has 2 heterocycles. The summed E-state index contributed by atoms with van der Waals surface area (Å²) >= 11 is 0. The lowest BCUT2D eigenvalue weighted by atomic mass is 9.95. The van der Waals surface area contributed by atoms with Crippen molar-refractivity contribution < 1.29 is 13.2 Å². The lowest BCUT2D eigenvalue weighted by Crippen LogP contribution is -2.08. The van der Waals surface area contributed by atoms with E-state index in [2.05, 4.69) is 30.3 Å². The number of benzene rings is 8. The van der Waals surface area contributed by atoms with E-state index in [0.29, 0.717) is 61.2 Å². The van der Waals surface area contributed by atoms with E-state index >= 15 is 0 Å². The van der Waals surface area contributed by atoms with E-state index in [4.69, 9.17) is 0 Å². The number of halogens is 3. The Labute approximate surface area is 374 Å².